The van der Waals surface area contributed by atoms with Gasteiger partial charge in [-0.3, -0.25) is 4.79 Å². The van der Waals surface area contributed by atoms with Gasteiger partial charge in [-0.2, -0.15) is 0 Å². The average Bonchev–Trinajstić information content (AvgIpc) is 3.53. The molecule has 32 heavy (non-hydrogen) atoms. The molecular weight excluding hydrogens is 444 g/mol. The zero-order chi connectivity index (χ0) is 22.1. The lowest BCUT2D eigenvalue weighted by Gasteiger charge is -2.19. The van der Waals surface area contributed by atoms with Crippen molar-refractivity contribution in [2.75, 3.05) is 12.5 Å². The van der Waals surface area contributed by atoms with Crippen molar-refractivity contribution in [1.82, 2.24) is 20.1 Å². The number of ether oxygens (including phenoxy) is 2. The molecule has 9 heteroatoms. The largest absolute Gasteiger partial charge is 0.454 e. The number of aromatic nitrogens is 3. The molecule has 168 valence electrons. The summed E-state index contributed by atoms with van der Waals surface area (Å²) in [6.45, 7) is 2.97. The first-order valence-corrected chi connectivity index (χ1v) is 12.7. The number of aryl methyl sites for hydroxylation is 1. The van der Waals surface area contributed by atoms with Gasteiger partial charge in [-0.1, -0.05) is 31.2 Å². The Balaban J connectivity index is 1.17. The van der Waals surface area contributed by atoms with E-state index in [4.69, 9.17) is 9.47 Å². The van der Waals surface area contributed by atoms with Gasteiger partial charge in [0.05, 0.1) is 10.6 Å². The summed E-state index contributed by atoms with van der Waals surface area (Å²) in [5.74, 6) is 3.38. The zero-order valence-corrected chi connectivity index (χ0v) is 19.9. The molecule has 1 atom stereocenters. The number of carbonyl (C=O) groups is 1. The van der Waals surface area contributed by atoms with Gasteiger partial charge in [0.1, 0.15) is 0 Å². The summed E-state index contributed by atoms with van der Waals surface area (Å²) in [5, 5.41) is 12.4. The Morgan fingerprint density at radius 3 is 3.03 bits per heavy atom. The van der Waals surface area contributed by atoms with Crippen LogP contribution in [0.3, 0.4) is 0 Å². The molecule has 1 aromatic carbocycles. The number of benzene rings is 1. The van der Waals surface area contributed by atoms with Crippen molar-refractivity contribution in [2.45, 2.75) is 44.3 Å². The van der Waals surface area contributed by atoms with E-state index in [1.54, 1.807) is 0 Å². The highest BCUT2D eigenvalue weighted by atomic mass is 32.2. The minimum absolute atomic E-state index is 0.0468. The molecule has 2 aromatic heterocycles. The Labute approximate surface area is 195 Å². The van der Waals surface area contributed by atoms with E-state index >= 15 is 0 Å². The first-order chi connectivity index (χ1) is 15.6. The average molecular weight is 471 g/mol. The monoisotopic (exact) mass is 470 g/mol. The van der Waals surface area contributed by atoms with Crippen LogP contribution in [0.15, 0.2) is 29.4 Å². The minimum Gasteiger partial charge on any atom is -0.454 e. The van der Waals surface area contributed by atoms with Crippen molar-refractivity contribution in [3.05, 3.63) is 40.3 Å². The highest BCUT2D eigenvalue weighted by Crippen LogP contribution is 2.38. The van der Waals surface area contributed by atoms with Crippen LogP contribution in [-0.2, 0) is 31.2 Å². The number of hydrogen-bond acceptors (Lipinski definition) is 7. The molecule has 1 aliphatic heterocycles. The maximum Gasteiger partial charge on any atom is 0.231 e. The molecule has 3 aromatic rings. The fourth-order valence-corrected chi connectivity index (χ4v) is 6.12. The number of hydrogen-bond donors (Lipinski definition) is 1. The number of thiophene rings is 1. The summed E-state index contributed by atoms with van der Waals surface area (Å²) in [6, 6.07) is 7.98. The van der Waals surface area contributed by atoms with E-state index in [9.17, 15) is 4.79 Å². The van der Waals surface area contributed by atoms with Gasteiger partial charge in [-0.05, 0) is 54.5 Å². The molecule has 0 fully saturated rings. The quantitative estimate of drug-likeness (QED) is 0.522. The zero-order valence-electron chi connectivity index (χ0n) is 18.2. The number of fused-ring (bicyclic) bond motifs is 2. The molecule has 0 unspecified atom stereocenters. The van der Waals surface area contributed by atoms with Gasteiger partial charge < -0.3 is 19.4 Å². The van der Waals surface area contributed by atoms with Crippen molar-refractivity contribution < 1.29 is 14.3 Å². The van der Waals surface area contributed by atoms with Crippen LogP contribution in [0, 0.1) is 5.92 Å². The van der Waals surface area contributed by atoms with Gasteiger partial charge in [0, 0.05) is 18.5 Å². The van der Waals surface area contributed by atoms with Crippen LogP contribution in [0.25, 0.3) is 10.7 Å². The summed E-state index contributed by atoms with van der Waals surface area (Å²) in [5.41, 5.74) is 2.45. The van der Waals surface area contributed by atoms with Crippen molar-refractivity contribution in [1.29, 1.82) is 0 Å². The Hall–Kier alpha value is -2.52. The topological polar surface area (TPSA) is 78.3 Å². The van der Waals surface area contributed by atoms with Crippen LogP contribution < -0.4 is 14.8 Å². The lowest BCUT2D eigenvalue weighted by atomic mass is 9.87. The third-order valence-corrected chi connectivity index (χ3v) is 8.33. The molecule has 7 nitrogen and oxygen atoms in total. The highest BCUT2D eigenvalue weighted by Gasteiger charge is 2.22. The number of amides is 1. The molecule has 0 radical (unpaired) electrons. The van der Waals surface area contributed by atoms with E-state index in [-0.39, 0.29) is 18.5 Å². The van der Waals surface area contributed by atoms with E-state index < -0.39 is 0 Å². The van der Waals surface area contributed by atoms with Crippen LogP contribution in [-0.4, -0.2) is 33.2 Å². The first-order valence-electron chi connectivity index (χ1n) is 10.9. The van der Waals surface area contributed by atoms with Crippen LogP contribution in [0.5, 0.6) is 11.5 Å². The normalized spacial score (nSPS) is 16.8. The number of rotatable bonds is 7. The summed E-state index contributed by atoms with van der Waals surface area (Å²) in [6.07, 6.45) is 4.86. The van der Waals surface area contributed by atoms with Crippen LogP contribution in [0.4, 0.5) is 0 Å². The summed E-state index contributed by atoms with van der Waals surface area (Å²) < 4.78 is 12.7. The predicted octanol–water partition coefficient (Wildman–Crippen LogP) is 4.20. The summed E-state index contributed by atoms with van der Waals surface area (Å²) >= 11 is 3.24. The maximum atomic E-state index is 12.4. The molecule has 1 aliphatic carbocycles. The van der Waals surface area contributed by atoms with Gasteiger partial charge in [0.15, 0.2) is 22.5 Å². The smallest absolute Gasteiger partial charge is 0.231 e. The Morgan fingerprint density at radius 2 is 2.16 bits per heavy atom. The van der Waals surface area contributed by atoms with Crippen molar-refractivity contribution >= 4 is 29.0 Å². The fourth-order valence-electron chi connectivity index (χ4n) is 4.15. The van der Waals surface area contributed by atoms with E-state index in [1.807, 2.05) is 41.2 Å². The molecule has 3 heterocycles. The number of nitrogens with one attached hydrogen (secondary N) is 1. The number of nitrogens with zero attached hydrogens (tertiary/aromatic N) is 3. The van der Waals surface area contributed by atoms with Crippen LogP contribution in [0.1, 0.15) is 35.8 Å². The molecule has 5 rings (SSSR count). The summed E-state index contributed by atoms with van der Waals surface area (Å²) in [7, 11) is 1.97. The highest BCUT2D eigenvalue weighted by molar-refractivity contribution is 7.99. The molecule has 2 aliphatic rings. The maximum absolute atomic E-state index is 12.4. The van der Waals surface area contributed by atoms with E-state index in [0.29, 0.717) is 6.54 Å². The van der Waals surface area contributed by atoms with Crippen molar-refractivity contribution in [2.24, 2.45) is 13.0 Å². The molecule has 0 spiro atoms. The first kappa shape index (κ1) is 21.3. The second-order valence-electron chi connectivity index (χ2n) is 8.19. The van der Waals surface area contributed by atoms with Crippen LogP contribution >= 0.6 is 23.1 Å². The Kier molecular flexibility index (Phi) is 6.10. The minimum atomic E-state index is -0.0468. The molecule has 0 saturated carbocycles. The lowest BCUT2D eigenvalue weighted by molar-refractivity contribution is -0.118. The van der Waals surface area contributed by atoms with Crippen molar-refractivity contribution in [3.8, 4) is 22.2 Å². The second-order valence-corrected chi connectivity index (χ2v) is 10.3. The Morgan fingerprint density at radius 1 is 1.28 bits per heavy atom. The van der Waals surface area contributed by atoms with E-state index in [1.165, 1.54) is 52.8 Å². The number of thioether (sulfide) groups is 1. The van der Waals surface area contributed by atoms with E-state index in [0.717, 1.165) is 34.0 Å². The molecule has 1 amide bonds. The molecular formula is C23H26N4O3S2. The predicted molar refractivity (Wildman–Crippen MR) is 125 cm³/mol. The van der Waals surface area contributed by atoms with Crippen molar-refractivity contribution in [3.63, 3.8) is 0 Å². The van der Waals surface area contributed by atoms with Gasteiger partial charge in [-0.25, -0.2) is 0 Å². The van der Waals surface area contributed by atoms with Crippen LogP contribution in [0.2, 0.25) is 0 Å². The summed E-state index contributed by atoms with van der Waals surface area (Å²) in [4.78, 5) is 15.0. The standard InChI is InChI=1S/C23H26N4O3S2/c1-3-14-5-7-19-16(8-14)10-20(32-19)22-25-26-23(27(22)2)31-12-21(28)24-11-15-4-6-17-18(9-15)30-13-29-17/h4,6,9-10,14H,3,5,7-8,11-13H2,1-2H3,(H,24,28)/t14-/m1/s1. The van der Waals surface area contributed by atoms with E-state index in [2.05, 4.69) is 28.5 Å². The Bertz CT molecular complexity index is 1140. The fraction of sp³-hybridized carbons (Fsp3) is 0.435. The third kappa shape index (κ3) is 4.36. The number of carbonyl (C=O) groups excluding carboxylic acids is 1. The SMILES string of the molecule is CC[C@@H]1CCc2sc(-c3nnc(SCC(=O)NCc4ccc5c(c4)OCO5)n3C)cc2C1. The molecule has 0 bridgehead atoms. The molecule has 1 N–H and O–H groups in total. The third-order valence-electron chi connectivity index (χ3n) is 6.08. The lowest BCUT2D eigenvalue weighted by Crippen LogP contribution is -2.24. The molecule has 0 saturated heterocycles. The van der Waals surface area contributed by atoms with Gasteiger partial charge in [-0.15, -0.1) is 21.5 Å². The van der Waals surface area contributed by atoms with Gasteiger partial charge in [0.2, 0.25) is 12.7 Å². The van der Waals surface area contributed by atoms with Gasteiger partial charge in [0.25, 0.3) is 0 Å². The second kappa shape index (κ2) is 9.15. The van der Waals surface area contributed by atoms with Gasteiger partial charge >= 0.3 is 0 Å².